The van der Waals surface area contributed by atoms with Crippen LogP contribution in [0.3, 0.4) is 0 Å². The Morgan fingerprint density at radius 2 is 2.10 bits per heavy atom. The minimum absolute atomic E-state index is 0.0958. The molecule has 0 aliphatic rings. The van der Waals surface area contributed by atoms with Crippen molar-refractivity contribution in [2.75, 3.05) is 7.05 Å². The fourth-order valence-corrected chi connectivity index (χ4v) is 3.46. The molecule has 0 aliphatic heterocycles. The van der Waals surface area contributed by atoms with Crippen LogP contribution in [0.15, 0.2) is 41.8 Å². The van der Waals surface area contributed by atoms with E-state index >= 15 is 0 Å². The van der Waals surface area contributed by atoms with Crippen molar-refractivity contribution >= 4 is 22.9 Å². The molecular formula is C16H21ClN2S. The van der Waals surface area contributed by atoms with E-state index in [4.69, 9.17) is 17.3 Å². The van der Waals surface area contributed by atoms with Crippen molar-refractivity contribution in [1.29, 1.82) is 0 Å². The van der Waals surface area contributed by atoms with Crippen molar-refractivity contribution in [3.8, 4) is 0 Å². The molecule has 2 aromatic rings. The number of nitrogens with zero attached hydrogens (tertiary/aromatic N) is 1. The van der Waals surface area contributed by atoms with Crippen LogP contribution in [0.1, 0.15) is 29.8 Å². The lowest BCUT2D eigenvalue weighted by Gasteiger charge is -2.32. The molecule has 0 amide bonds. The van der Waals surface area contributed by atoms with Crippen LogP contribution in [0.25, 0.3) is 0 Å². The second-order valence-corrected chi connectivity index (χ2v) is 6.54. The molecule has 1 aromatic carbocycles. The molecule has 2 atom stereocenters. The first-order valence-corrected chi connectivity index (χ1v) is 8.11. The molecule has 0 saturated heterocycles. The zero-order valence-electron chi connectivity index (χ0n) is 11.9. The summed E-state index contributed by atoms with van der Waals surface area (Å²) < 4.78 is 0. The quantitative estimate of drug-likeness (QED) is 0.861. The molecule has 0 bridgehead atoms. The Hall–Kier alpha value is -0.870. The summed E-state index contributed by atoms with van der Waals surface area (Å²) in [5.41, 5.74) is 7.53. The lowest BCUT2D eigenvalue weighted by atomic mass is 9.96. The monoisotopic (exact) mass is 308 g/mol. The van der Waals surface area contributed by atoms with Crippen LogP contribution < -0.4 is 5.73 Å². The van der Waals surface area contributed by atoms with E-state index in [2.05, 4.69) is 42.5 Å². The third-order valence-electron chi connectivity index (χ3n) is 3.53. The van der Waals surface area contributed by atoms with E-state index in [0.29, 0.717) is 0 Å². The molecule has 0 radical (unpaired) electrons. The smallest absolute Gasteiger partial charge is 0.0500 e. The van der Waals surface area contributed by atoms with Crippen molar-refractivity contribution in [3.63, 3.8) is 0 Å². The van der Waals surface area contributed by atoms with Gasteiger partial charge in [0.25, 0.3) is 0 Å². The van der Waals surface area contributed by atoms with Crippen molar-refractivity contribution < 1.29 is 0 Å². The van der Waals surface area contributed by atoms with Crippen LogP contribution >= 0.6 is 22.9 Å². The average molecular weight is 309 g/mol. The SMILES string of the molecule is CCC(N)C(c1cccc(Cl)c1)N(C)Cc1cccs1. The molecular weight excluding hydrogens is 288 g/mol. The van der Waals surface area contributed by atoms with E-state index < -0.39 is 0 Å². The third kappa shape index (κ3) is 3.83. The summed E-state index contributed by atoms with van der Waals surface area (Å²) in [5.74, 6) is 0. The van der Waals surface area contributed by atoms with Gasteiger partial charge in [0.05, 0.1) is 0 Å². The van der Waals surface area contributed by atoms with Crippen LogP contribution in [-0.2, 0) is 6.54 Å². The summed E-state index contributed by atoms with van der Waals surface area (Å²) in [7, 11) is 2.13. The highest BCUT2D eigenvalue weighted by Gasteiger charge is 2.23. The Balaban J connectivity index is 2.23. The molecule has 0 aliphatic carbocycles. The van der Waals surface area contributed by atoms with Crippen LogP contribution in [0, 0.1) is 0 Å². The summed E-state index contributed by atoms with van der Waals surface area (Å²) >= 11 is 7.90. The van der Waals surface area contributed by atoms with Crippen molar-refractivity contribution in [2.24, 2.45) is 5.73 Å². The number of rotatable bonds is 6. The molecule has 4 heteroatoms. The zero-order valence-corrected chi connectivity index (χ0v) is 13.5. The highest BCUT2D eigenvalue weighted by atomic mass is 35.5. The normalized spacial score (nSPS) is 14.4. The summed E-state index contributed by atoms with van der Waals surface area (Å²) in [6, 6.07) is 12.5. The first-order chi connectivity index (χ1) is 9.61. The maximum absolute atomic E-state index is 6.35. The van der Waals surface area contributed by atoms with E-state index in [-0.39, 0.29) is 12.1 Å². The fourth-order valence-electron chi connectivity index (χ4n) is 2.49. The van der Waals surface area contributed by atoms with Gasteiger partial charge in [0.2, 0.25) is 0 Å². The third-order valence-corrected chi connectivity index (χ3v) is 4.62. The summed E-state index contributed by atoms with van der Waals surface area (Å²) in [6.07, 6.45) is 0.936. The highest BCUT2D eigenvalue weighted by molar-refractivity contribution is 7.09. The Bertz CT molecular complexity index is 527. The van der Waals surface area contributed by atoms with Gasteiger partial charge in [-0.15, -0.1) is 11.3 Å². The summed E-state index contributed by atoms with van der Waals surface area (Å²) in [5, 5.41) is 2.87. The second-order valence-electron chi connectivity index (χ2n) is 5.07. The Kier molecular flexibility index (Phi) is 5.61. The van der Waals surface area contributed by atoms with Gasteiger partial charge in [0, 0.05) is 28.5 Å². The van der Waals surface area contributed by atoms with E-state index in [1.165, 1.54) is 10.4 Å². The van der Waals surface area contributed by atoms with Gasteiger partial charge in [-0.25, -0.2) is 0 Å². The minimum atomic E-state index is 0.0958. The molecule has 108 valence electrons. The molecule has 2 N–H and O–H groups in total. The predicted octanol–water partition coefficient (Wildman–Crippen LogP) is 4.31. The second kappa shape index (κ2) is 7.23. The van der Waals surface area contributed by atoms with E-state index in [1.54, 1.807) is 11.3 Å². The highest BCUT2D eigenvalue weighted by Crippen LogP contribution is 2.28. The molecule has 0 fully saturated rings. The number of nitrogens with two attached hydrogens (primary N) is 1. The number of halogens is 1. The van der Waals surface area contributed by atoms with Crippen molar-refractivity contribution in [2.45, 2.75) is 32.0 Å². The van der Waals surface area contributed by atoms with Crippen LogP contribution in [0.5, 0.6) is 0 Å². The Labute approximate surface area is 130 Å². The average Bonchev–Trinajstić information content (AvgIpc) is 2.91. The van der Waals surface area contributed by atoms with Crippen LogP contribution in [0.2, 0.25) is 5.02 Å². The molecule has 0 saturated carbocycles. The first kappa shape index (κ1) is 15.5. The van der Waals surface area contributed by atoms with E-state index in [9.17, 15) is 0 Å². The number of benzene rings is 1. The molecule has 1 aromatic heterocycles. The minimum Gasteiger partial charge on any atom is -0.326 e. The fraction of sp³-hybridized carbons (Fsp3) is 0.375. The van der Waals surface area contributed by atoms with E-state index in [0.717, 1.165) is 18.0 Å². The van der Waals surface area contributed by atoms with E-state index in [1.807, 2.05) is 18.2 Å². The van der Waals surface area contributed by atoms with Crippen molar-refractivity contribution in [1.82, 2.24) is 4.90 Å². The molecule has 0 spiro atoms. The number of likely N-dealkylation sites (N-methyl/N-ethyl adjacent to an activating group) is 1. The molecule has 2 rings (SSSR count). The van der Waals surface area contributed by atoms with Gasteiger partial charge in [-0.05, 0) is 42.6 Å². The zero-order chi connectivity index (χ0) is 14.5. The summed E-state index contributed by atoms with van der Waals surface area (Å²) in [4.78, 5) is 3.66. The van der Waals surface area contributed by atoms with Gasteiger partial charge in [-0.2, -0.15) is 0 Å². The van der Waals surface area contributed by atoms with Crippen LogP contribution in [0.4, 0.5) is 0 Å². The van der Waals surface area contributed by atoms with Gasteiger partial charge in [-0.3, -0.25) is 4.90 Å². The first-order valence-electron chi connectivity index (χ1n) is 6.85. The van der Waals surface area contributed by atoms with Crippen molar-refractivity contribution in [3.05, 3.63) is 57.2 Å². The van der Waals surface area contributed by atoms with Crippen LogP contribution in [-0.4, -0.2) is 18.0 Å². The Morgan fingerprint density at radius 3 is 2.70 bits per heavy atom. The van der Waals surface area contributed by atoms with Gasteiger partial charge in [-0.1, -0.05) is 36.7 Å². The number of thiophene rings is 1. The molecule has 1 heterocycles. The molecule has 2 nitrogen and oxygen atoms in total. The Morgan fingerprint density at radius 1 is 1.30 bits per heavy atom. The van der Waals surface area contributed by atoms with Gasteiger partial charge in [0.15, 0.2) is 0 Å². The maximum atomic E-state index is 6.35. The standard InChI is InChI=1S/C16H21ClN2S/c1-3-15(18)16(12-6-4-7-13(17)10-12)19(2)11-14-8-5-9-20-14/h4-10,15-16H,3,11,18H2,1-2H3. The number of hydrogen-bond donors (Lipinski definition) is 1. The van der Waals surface area contributed by atoms with Gasteiger partial charge >= 0.3 is 0 Å². The largest absolute Gasteiger partial charge is 0.326 e. The summed E-state index contributed by atoms with van der Waals surface area (Å²) in [6.45, 7) is 3.03. The van der Waals surface area contributed by atoms with Gasteiger partial charge < -0.3 is 5.73 Å². The molecule has 2 unspecified atom stereocenters. The van der Waals surface area contributed by atoms with Gasteiger partial charge in [0.1, 0.15) is 0 Å². The lowest BCUT2D eigenvalue weighted by Crippen LogP contribution is -2.38. The maximum Gasteiger partial charge on any atom is 0.0500 e. The predicted molar refractivity (Wildman–Crippen MR) is 88.2 cm³/mol. The molecule has 20 heavy (non-hydrogen) atoms. The topological polar surface area (TPSA) is 29.3 Å². The lowest BCUT2D eigenvalue weighted by molar-refractivity contribution is 0.203. The number of hydrogen-bond acceptors (Lipinski definition) is 3.